The molecule has 4 saturated heterocycles. The third-order valence-corrected chi connectivity index (χ3v) is 24.8. The molecule has 0 aromatic carbocycles. The van der Waals surface area contributed by atoms with Crippen molar-refractivity contribution in [3.8, 4) is 0 Å². The lowest BCUT2D eigenvalue weighted by Gasteiger charge is -2.67. The smallest absolute Gasteiger partial charge is 0.414 e. The molecule has 0 aliphatic carbocycles. The van der Waals surface area contributed by atoms with E-state index in [1.54, 1.807) is 0 Å². The minimum atomic E-state index is -6.13. The van der Waals surface area contributed by atoms with Crippen LogP contribution in [-0.4, -0.2) is 83.3 Å². The Labute approximate surface area is 171 Å². The fourth-order valence-electron chi connectivity index (χ4n) is 1.99. The molecule has 0 spiro atoms. The van der Waals surface area contributed by atoms with Crippen molar-refractivity contribution in [2.45, 2.75) is 0 Å². The van der Waals surface area contributed by atoms with Gasteiger partial charge in [-0.05, 0) is 0 Å². The van der Waals surface area contributed by atoms with Crippen LogP contribution in [0.2, 0.25) is 0 Å². The standard InChI is InChI=1S/O20Si9/c1-21-9-23(2)12-26(5)14-24(3)10-22-11-25(4)15-27(6,13-23)19-29(8,18-26)20-28(7,16-24)17-25/q-8. The molecule has 0 N–H and O–H groups in total. The van der Waals surface area contributed by atoms with E-state index in [9.17, 15) is 38.4 Å². The number of rotatable bonds is 2. The normalized spacial score (nSPS) is 57.9. The van der Waals surface area contributed by atoms with Crippen molar-refractivity contribution < 1.29 is 87.7 Å². The van der Waals surface area contributed by atoms with E-state index in [0.717, 1.165) is 0 Å². The van der Waals surface area contributed by atoms with Crippen LogP contribution >= 0.6 is 0 Å². The lowest BCUT2D eigenvalue weighted by Crippen LogP contribution is -2.94. The van der Waals surface area contributed by atoms with E-state index in [-0.39, 0.29) is 0 Å². The summed E-state index contributed by atoms with van der Waals surface area (Å²) in [5, 5.41) is 0. The number of hydrogen-bond acceptors (Lipinski definition) is 20. The van der Waals surface area contributed by atoms with Gasteiger partial charge in [-0.2, -0.15) is 0 Å². The SMILES string of the molecule is [O-][Si]O[Si]1([O-])O[Si]2([O-])O[Si]3([O-])O[Si]O[Si]4([O-])O[Si]([O-])(O1)O[Si]([O-])(O2)O[Si]([O-])(O3)O4. The zero-order valence-electron chi connectivity index (χ0n) is 12.7. The first-order valence-corrected chi connectivity index (χ1v) is 19.6. The van der Waals surface area contributed by atoms with E-state index < -0.39 is 83.3 Å². The highest BCUT2D eigenvalue weighted by molar-refractivity contribution is 6.91. The zero-order chi connectivity index (χ0) is 21.4. The molecule has 4 radical (unpaired) electrons. The second kappa shape index (κ2) is 7.07. The summed E-state index contributed by atoms with van der Waals surface area (Å²) in [6, 6.07) is 0. The van der Waals surface area contributed by atoms with E-state index in [2.05, 4.69) is 49.4 Å². The van der Waals surface area contributed by atoms with Crippen LogP contribution in [0.25, 0.3) is 0 Å². The zero-order valence-corrected chi connectivity index (χ0v) is 21.7. The Morgan fingerprint density at radius 1 is 0.517 bits per heavy atom. The van der Waals surface area contributed by atoms with Crippen molar-refractivity contribution in [1.82, 2.24) is 0 Å². The van der Waals surface area contributed by atoms with Gasteiger partial charge in [0, 0.05) is 0 Å². The summed E-state index contributed by atoms with van der Waals surface area (Å²) in [7, 11) is -45.5. The van der Waals surface area contributed by atoms with Crippen LogP contribution < -0.4 is 38.4 Å². The van der Waals surface area contributed by atoms with Gasteiger partial charge in [0.2, 0.25) is 0 Å². The maximum Gasteiger partial charge on any atom is 0.414 e. The maximum absolute atomic E-state index is 12.7. The summed E-state index contributed by atoms with van der Waals surface area (Å²) in [6.07, 6.45) is 0. The van der Waals surface area contributed by atoms with Gasteiger partial charge in [-0.15, -0.1) is 0 Å². The molecule has 4 aliphatic heterocycles. The summed E-state index contributed by atoms with van der Waals surface area (Å²) >= 11 is 0. The molecule has 0 aromatic rings. The molecule has 29 heavy (non-hydrogen) atoms. The monoisotopic (exact) mass is 572 g/mol. The molecule has 164 valence electrons. The predicted octanol–water partition coefficient (Wildman–Crippen LogP) is -13.8. The van der Waals surface area contributed by atoms with Crippen LogP contribution in [-0.2, 0) is 49.4 Å². The first kappa shape index (κ1) is 23.3. The molecule has 4 fully saturated rings. The quantitative estimate of drug-likeness (QED) is 0.277. The average molecular weight is 573 g/mol. The highest BCUT2D eigenvalue weighted by atomic mass is 28.6. The number of fused-ring (bicyclic) bond motifs is 4. The Balaban J connectivity index is 1.90. The summed E-state index contributed by atoms with van der Waals surface area (Å²) in [5.74, 6) is 0. The van der Waals surface area contributed by atoms with Crippen molar-refractivity contribution in [2.75, 3.05) is 0 Å². The largest absolute Gasteiger partial charge is 0.841 e. The molecular weight excluding hydrogens is 573 g/mol. The summed E-state index contributed by atoms with van der Waals surface area (Å²) in [5.41, 5.74) is 0. The van der Waals surface area contributed by atoms with Gasteiger partial charge in [-0.1, -0.05) is 0 Å². The van der Waals surface area contributed by atoms with Gasteiger partial charge in [-0.3, -0.25) is 0 Å². The van der Waals surface area contributed by atoms with Crippen LogP contribution in [0, 0.1) is 0 Å². The minimum absolute atomic E-state index is 1.66. The van der Waals surface area contributed by atoms with E-state index in [1.807, 2.05) is 0 Å². The number of hydrogen-bond donors (Lipinski definition) is 0. The maximum atomic E-state index is 12.7. The van der Waals surface area contributed by atoms with Gasteiger partial charge in [0.1, 0.15) is 0 Å². The fraction of sp³-hybridized carbons (Fsp3) is 0. The van der Waals surface area contributed by atoms with Crippen molar-refractivity contribution in [3.63, 3.8) is 0 Å². The van der Waals surface area contributed by atoms with Gasteiger partial charge in [-0.25, -0.2) is 0 Å². The van der Waals surface area contributed by atoms with Crippen molar-refractivity contribution in [3.05, 3.63) is 0 Å². The van der Waals surface area contributed by atoms with Crippen molar-refractivity contribution in [2.24, 2.45) is 0 Å². The van der Waals surface area contributed by atoms with Crippen molar-refractivity contribution in [1.29, 1.82) is 0 Å². The van der Waals surface area contributed by atoms with E-state index in [4.69, 9.17) is 0 Å². The third-order valence-electron chi connectivity index (χ3n) is 2.75. The van der Waals surface area contributed by atoms with Gasteiger partial charge < -0.3 is 87.7 Å². The van der Waals surface area contributed by atoms with Gasteiger partial charge in [0.05, 0.1) is 10.0 Å². The van der Waals surface area contributed by atoms with Crippen molar-refractivity contribution >= 4 is 83.3 Å². The second-order valence-corrected chi connectivity index (χ2v) is 22.0. The lowest BCUT2D eigenvalue weighted by molar-refractivity contribution is -0.412. The first-order valence-electron chi connectivity index (χ1n) is 6.53. The minimum Gasteiger partial charge on any atom is -0.841 e. The highest BCUT2D eigenvalue weighted by Crippen LogP contribution is 2.34. The molecule has 4 heterocycles. The fourth-order valence-corrected chi connectivity index (χ4v) is 26.2. The molecule has 0 aromatic heterocycles. The topological polar surface area (TPSA) is 295 Å². The molecule has 0 saturated carbocycles. The van der Waals surface area contributed by atoms with Crippen LogP contribution in [0.3, 0.4) is 0 Å². The van der Waals surface area contributed by atoms with E-state index in [0.29, 0.717) is 0 Å². The van der Waals surface area contributed by atoms with Crippen LogP contribution in [0.5, 0.6) is 0 Å². The van der Waals surface area contributed by atoms with Gasteiger partial charge in [0.25, 0.3) is 0 Å². The molecule has 4 rings (SSSR count). The Morgan fingerprint density at radius 3 is 1.17 bits per heavy atom. The molecule has 0 amide bonds. The van der Waals surface area contributed by atoms with Crippen LogP contribution in [0.1, 0.15) is 0 Å². The molecule has 6 bridgehead atoms. The second-order valence-electron chi connectivity index (χ2n) is 4.89. The molecular formula is O20Si9-8. The van der Waals surface area contributed by atoms with Crippen LogP contribution in [0.15, 0.2) is 0 Å². The Hall–Kier alpha value is 1.15. The van der Waals surface area contributed by atoms with Gasteiger partial charge in [0.15, 0.2) is 0 Å². The molecule has 4 unspecified atom stereocenters. The Bertz CT molecular complexity index is 622. The van der Waals surface area contributed by atoms with Crippen LogP contribution in [0.4, 0.5) is 0 Å². The predicted molar refractivity (Wildman–Crippen MR) is 64.8 cm³/mol. The lowest BCUT2D eigenvalue weighted by atomic mass is 15.5. The highest BCUT2D eigenvalue weighted by Gasteiger charge is 2.62. The average Bonchev–Trinajstić information content (AvgIpc) is 2.37. The molecule has 4 atom stereocenters. The Kier molecular flexibility index (Phi) is 5.69. The summed E-state index contributed by atoms with van der Waals surface area (Å²) < 4.78 is 52.0. The molecule has 4 aliphatic rings. The Morgan fingerprint density at radius 2 is 0.828 bits per heavy atom. The first-order chi connectivity index (χ1) is 13.1. The van der Waals surface area contributed by atoms with Gasteiger partial charge >= 0.3 is 73.3 Å². The van der Waals surface area contributed by atoms with E-state index in [1.165, 1.54) is 0 Å². The summed E-state index contributed by atoms with van der Waals surface area (Å²) in [4.78, 5) is 99.2. The molecule has 20 nitrogen and oxygen atoms in total. The third kappa shape index (κ3) is 4.77. The summed E-state index contributed by atoms with van der Waals surface area (Å²) in [6.45, 7) is 0. The van der Waals surface area contributed by atoms with E-state index >= 15 is 0 Å². The molecule has 29 heteroatoms.